The van der Waals surface area contributed by atoms with Gasteiger partial charge in [0.25, 0.3) is 0 Å². The van der Waals surface area contributed by atoms with Crippen LogP contribution in [-0.2, 0) is 11.2 Å². The molecule has 3 N–H and O–H groups in total. The zero-order chi connectivity index (χ0) is 22.1. The monoisotopic (exact) mass is 427 g/mol. The Kier molecular flexibility index (Phi) is 5.37. The number of fused-ring (bicyclic) bond motifs is 1. The Bertz CT molecular complexity index is 1220. The van der Waals surface area contributed by atoms with Gasteiger partial charge in [-0.3, -0.25) is 9.78 Å². The maximum absolute atomic E-state index is 12.6. The average molecular weight is 428 g/mol. The highest BCUT2D eigenvalue weighted by atomic mass is 16.3. The van der Waals surface area contributed by atoms with Gasteiger partial charge >= 0.3 is 0 Å². The summed E-state index contributed by atoms with van der Waals surface area (Å²) in [6, 6.07) is 17.4. The molecule has 6 heteroatoms. The molecule has 3 heterocycles. The molecule has 6 nitrogen and oxygen atoms in total. The molecular formula is C26H25N3O3. The van der Waals surface area contributed by atoms with Crippen molar-refractivity contribution in [3.8, 4) is 28.1 Å². The molecular weight excluding hydrogens is 402 g/mol. The number of likely N-dealkylation sites (tertiary alicyclic amines) is 1. The quantitative estimate of drug-likeness (QED) is 0.457. The van der Waals surface area contributed by atoms with E-state index >= 15 is 0 Å². The van der Waals surface area contributed by atoms with Crippen LogP contribution in [0.15, 0.2) is 67.0 Å². The summed E-state index contributed by atoms with van der Waals surface area (Å²) in [6.45, 7) is 1.23. The number of amides is 1. The Hall–Kier alpha value is -3.64. The predicted molar refractivity (Wildman–Crippen MR) is 124 cm³/mol. The maximum atomic E-state index is 12.6. The van der Waals surface area contributed by atoms with E-state index in [-0.39, 0.29) is 17.8 Å². The van der Waals surface area contributed by atoms with Gasteiger partial charge in [0.05, 0.1) is 18.2 Å². The predicted octanol–water partition coefficient (Wildman–Crippen LogP) is 4.13. The van der Waals surface area contributed by atoms with Gasteiger partial charge in [-0.25, -0.2) is 0 Å². The number of piperidine rings is 1. The highest BCUT2D eigenvalue weighted by Crippen LogP contribution is 2.38. The molecule has 1 aliphatic rings. The van der Waals surface area contributed by atoms with Gasteiger partial charge in [-0.2, -0.15) is 0 Å². The van der Waals surface area contributed by atoms with Crippen molar-refractivity contribution in [3.05, 3.63) is 72.6 Å². The topological polar surface area (TPSA) is 89.5 Å². The Morgan fingerprint density at radius 2 is 1.81 bits per heavy atom. The second-order valence-electron chi connectivity index (χ2n) is 8.33. The van der Waals surface area contributed by atoms with Crippen molar-refractivity contribution in [2.24, 2.45) is 0 Å². The number of nitrogens with one attached hydrogen (secondary N) is 1. The fourth-order valence-electron chi connectivity index (χ4n) is 4.31. The van der Waals surface area contributed by atoms with E-state index in [1.807, 2.05) is 59.5 Å². The molecule has 32 heavy (non-hydrogen) atoms. The first kappa shape index (κ1) is 20.3. The number of hydrogen-bond donors (Lipinski definition) is 3. The van der Waals surface area contributed by atoms with E-state index in [2.05, 4.69) is 9.97 Å². The highest BCUT2D eigenvalue weighted by Gasteiger charge is 2.21. The lowest BCUT2D eigenvalue weighted by Crippen LogP contribution is -2.40. The zero-order valence-corrected chi connectivity index (χ0v) is 17.7. The number of pyridine rings is 1. The van der Waals surface area contributed by atoms with E-state index in [0.717, 1.165) is 38.9 Å². The summed E-state index contributed by atoms with van der Waals surface area (Å²) in [7, 11) is 0. The molecule has 1 aliphatic heterocycles. The molecule has 1 fully saturated rings. The number of aliphatic hydroxyl groups is 1. The van der Waals surface area contributed by atoms with Gasteiger partial charge in [-0.05, 0) is 42.2 Å². The number of hydrogen-bond acceptors (Lipinski definition) is 4. The number of carbonyl (C=O) groups is 1. The van der Waals surface area contributed by atoms with E-state index in [4.69, 9.17) is 0 Å². The third kappa shape index (κ3) is 3.97. The summed E-state index contributed by atoms with van der Waals surface area (Å²) in [5, 5.41) is 21.6. The molecule has 0 bridgehead atoms. The normalized spacial score (nSPS) is 14.7. The second kappa shape index (κ2) is 8.48. The third-order valence-electron chi connectivity index (χ3n) is 6.18. The van der Waals surface area contributed by atoms with E-state index in [1.165, 1.54) is 0 Å². The number of aliphatic hydroxyl groups excluding tert-OH is 1. The zero-order valence-electron chi connectivity index (χ0n) is 17.7. The molecule has 4 aromatic rings. The van der Waals surface area contributed by atoms with Crippen molar-refractivity contribution in [2.75, 3.05) is 13.1 Å². The van der Waals surface area contributed by atoms with Crippen molar-refractivity contribution >= 4 is 16.8 Å². The van der Waals surface area contributed by atoms with Gasteiger partial charge in [-0.15, -0.1) is 0 Å². The Labute approximate surface area is 186 Å². The van der Waals surface area contributed by atoms with Crippen molar-refractivity contribution in [1.82, 2.24) is 14.9 Å². The van der Waals surface area contributed by atoms with Gasteiger partial charge in [-0.1, -0.05) is 36.4 Å². The minimum Gasteiger partial charge on any atom is -0.507 e. The molecule has 0 unspecified atom stereocenters. The summed E-state index contributed by atoms with van der Waals surface area (Å²) in [4.78, 5) is 21.9. The van der Waals surface area contributed by atoms with Crippen LogP contribution in [0.1, 0.15) is 18.4 Å². The second-order valence-corrected chi connectivity index (χ2v) is 8.33. The number of phenols is 1. The minimum absolute atomic E-state index is 0.0859. The van der Waals surface area contributed by atoms with Crippen molar-refractivity contribution in [1.29, 1.82) is 0 Å². The lowest BCUT2D eigenvalue weighted by molar-refractivity contribution is -0.132. The van der Waals surface area contributed by atoms with Gasteiger partial charge in [0.2, 0.25) is 5.91 Å². The lowest BCUT2D eigenvalue weighted by atomic mass is 9.98. The number of nitrogens with zero attached hydrogens (tertiary/aromatic N) is 2. The van der Waals surface area contributed by atoms with Crippen LogP contribution >= 0.6 is 0 Å². The van der Waals surface area contributed by atoms with E-state index in [9.17, 15) is 15.0 Å². The lowest BCUT2D eigenvalue weighted by Gasteiger charge is -2.29. The molecule has 1 saturated heterocycles. The van der Waals surface area contributed by atoms with Crippen LogP contribution in [-0.4, -0.2) is 50.2 Å². The van der Waals surface area contributed by atoms with Crippen molar-refractivity contribution < 1.29 is 15.0 Å². The summed E-state index contributed by atoms with van der Waals surface area (Å²) < 4.78 is 0. The molecule has 2 aromatic carbocycles. The fourth-order valence-corrected chi connectivity index (χ4v) is 4.31. The van der Waals surface area contributed by atoms with Crippen LogP contribution in [0.25, 0.3) is 33.3 Å². The molecule has 0 radical (unpaired) electrons. The number of benzene rings is 2. The summed E-state index contributed by atoms with van der Waals surface area (Å²) in [5.41, 5.74) is 5.09. The molecule has 0 aliphatic carbocycles. The number of carbonyl (C=O) groups excluding carboxylic acids is 1. The molecule has 0 saturated carbocycles. The largest absolute Gasteiger partial charge is 0.507 e. The van der Waals surface area contributed by atoms with E-state index in [1.54, 1.807) is 12.4 Å². The molecule has 1 amide bonds. The molecule has 162 valence electrons. The number of para-hydroxylation sites is 1. The Morgan fingerprint density at radius 1 is 1.06 bits per heavy atom. The first-order valence-electron chi connectivity index (χ1n) is 10.9. The standard InChI is InChI=1S/C26H25N3O3/c30-20-9-12-29(13-10-20)25(31)14-17-4-6-18(7-5-17)21-2-1-3-22(26(21)32)24-15-19-16-27-11-8-23(19)28-24/h1-8,11,15-16,20,28,30,32H,9-10,12-14H2. The molecule has 0 atom stereocenters. The van der Waals surface area contributed by atoms with Crippen molar-refractivity contribution in [3.63, 3.8) is 0 Å². The summed E-state index contributed by atoms with van der Waals surface area (Å²) >= 11 is 0. The number of H-pyrrole nitrogens is 1. The molecule has 2 aromatic heterocycles. The maximum Gasteiger partial charge on any atom is 0.226 e. The first-order valence-corrected chi connectivity index (χ1v) is 10.9. The number of aromatic amines is 1. The SMILES string of the molecule is O=C(Cc1ccc(-c2cccc(-c3cc4cnccc4[nH]3)c2O)cc1)N1CCC(O)CC1. The summed E-state index contributed by atoms with van der Waals surface area (Å²) in [6.07, 6.45) is 4.87. The smallest absolute Gasteiger partial charge is 0.226 e. The highest BCUT2D eigenvalue weighted by molar-refractivity contribution is 5.89. The van der Waals surface area contributed by atoms with Gasteiger partial charge in [0.1, 0.15) is 5.75 Å². The molecule has 5 rings (SSSR count). The van der Waals surface area contributed by atoms with Crippen LogP contribution in [0.3, 0.4) is 0 Å². The Morgan fingerprint density at radius 3 is 2.56 bits per heavy atom. The molecule has 0 spiro atoms. The third-order valence-corrected chi connectivity index (χ3v) is 6.18. The fraction of sp³-hybridized carbons (Fsp3) is 0.231. The van der Waals surface area contributed by atoms with Crippen LogP contribution in [0, 0.1) is 0 Å². The van der Waals surface area contributed by atoms with Gasteiger partial charge < -0.3 is 20.1 Å². The number of phenolic OH excluding ortho intramolecular Hbond substituents is 1. The van der Waals surface area contributed by atoms with E-state index in [0.29, 0.717) is 32.4 Å². The van der Waals surface area contributed by atoms with Gasteiger partial charge in [0.15, 0.2) is 0 Å². The van der Waals surface area contributed by atoms with Crippen molar-refractivity contribution in [2.45, 2.75) is 25.4 Å². The number of rotatable bonds is 4. The van der Waals surface area contributed by atoms with Crippen LogP contribution in [0.4, 0.5) is 0 Å². The van der Waals surface area contributed by atoms with E-state index < -0.39 is 0 Å². The minimum atomic E-state index is -0.289. The average Bonchev–Trinajstić information content (AvgIpc) is 3.24. The number of aromatic nitrogens is 2. The number of aromatic hydroxyl groups is 1. The first-order chi connectivity index (χ1) is 15.6. The van der Waals surface area contributed by atoms with Gasteiger partial charge in [0, 0.05) is 47.5 Å². The van der Waals surface area contributed by atoms with Crippen LogP contribution < -0.4 is 0 Å². The van der Waals surface area contributed by atoms with Crippen LogP contribution in [0.5, 0.6) is 5.75 Å². The Balaban J connectivity index is 1.36. The van der Waals surface area contributed by atoms with Crippen LogP contribution in [0.2, 0.25) is 0 Å². The summed E-state index contributed by atoms with van der Waals surface area (Å²) in [5.74, 6) is 0.297.